The number of hydrogen-bond donors (Lipinski definition) is 0. The molecular formula is C6H4ClN3O. The Bertz CT molecular complexity index is 340. The second kappa shape index (κ2) is 2.39. The van der Waals surface area contributed by atoms with Crippen LogP contribution in [-0.2, 0) is 0 Å². The summed E-state index contributed by atoms with van der Waals surface area (Å²) >= 11 is 5.70. The van der Waals surface area contributed by atoms with Crippen molar-refractivity contribution >= 4 is 11.6 Å². The first-order valence-corrected chi connectivity index (χ1v) is 3.35. The summed E-state index contributed by atoms with van der Waals surface area (Å²) in [5.41, 5.74) is 0. The minimum atomic E-state index is 0.374. The van der Waals surface area contributed by atoms with Gasteiger partial charge in [-0.1, -0.05) is 5.16 Å². The Labute approximate surface area is 67.4 Å². The van der Waals surface area contributed by atoms with E-state index in [2.05, 4.69) is 14.7 Å². The van der Waals surface area contributed by atoms with Crippen LogP contribution in [0.2, 0.25) is 5.28 Å². The van der Waals surface area contributed by atoms with E-state index in [4.69, 9.17) is 11.6 Å². The van der Waals surface area contributed by atoms with E-state index in [9.17, 15) is 0 Å². The molecule has 0 radical (unpaired) electrons. The topological polar surface area (TPSA) is 43.9 Å². The van der Waals surface area contributed by atoms with Crippen LogP contribution in [0, 0.1) is 0 Å². The Balaban J connectivity index is 2.53. The quantitative estimate of drug-likeness (QED) is 0.650. The van der Waals surface area contributed by atoms with E-state index in [1.165, 1.54) is 6.26 Å². The minimum absolute atomic E-state index is 0.374. The summed E-state index contributed by atoms with van der Waals surface area (Å²) < 4.78 is 6.25. The van der Waals surface area contributed by atoms with Crippen molar-refractivity contribution in [2.24, 2.45) is 0 Å². The second-order valence-electron chi connectivity index (χ2n) is 1.92. The summed E-state index contributed by atoms with van der Waals surface area (Å²) in [6.07, 6.45) is 4.78. The highest BCUT2D eigenvalue weighted by Gasteiger charge is 2.02. The van der Waals surface area contributed by atoms with Crippen LogP contribution in [0.15, 0.2) is 29.2 Å². The maximum absolute atomic E-state index is 5.70. The van der Waals surface area contributed by atoms with E-state index in [1.54, 1.807) is 23.0 Å². The van der Waals surface area contributed by atoms with Gasteiger partial charge in [0.25, 0.3) is 0 Å². The van der Waals surface area contributed by atoms with Crippen LogP contribution < -0.4 is 0 Å². The van der Waals surface area contributed by atoms with Gasteiger partial charge in [-0.25, -0.2) is 4.98 Å². The first-order chi connectivity index (χ1) is 5.38. The number of nitrogens with zero attached hydrogens (tertiary/aromatic N) is 3. The summed E-state index contributed by atoms with van der Waals surface area (Å²) in [4.78, 5) is 3.82. The third kappa shape index (κ3) is 1.01. The van der Waals surface area contributed by atoms with Crippen LogP contribution in [0.5, 0.6) is 0 Å². The van der Waals surface area contributed by atoms with Crippen LogP contribution in [0.4, 0.5) is 0 Å². The van der Waals surface area contributed by atoms with Gasteiger partial charge in [0, 0.05) is 18.5 Å². The van der Waals surface area contributed by atoms with Crippen LogP contribution in [0.3, 0.4) is 0 Å². The van der Waals surface area contributed by atoms with Crippen molar-refractivity contribution in [3.05, 3.63) is 30.0 Å². The van der Waals surface area contributed by atoms with Gasteiger partial charge in [0.15, 0.2) is 5.82 Å². The second-order valence-corrected chi connectivity index (χ2v) is 2.26. The third-order valence-electron chi connectivity index (χ3n) is 1.27. The molecule has 0 amide bonds. The summed E-state index contributed by atoms with van der Waals surface area (Å²) in [6.45, 7) is 0. The van der Waals surface area contributed by atoms with Crippen molar-refractivity contribution in [1.82, 2.24) is 14.7 Å². The predicted octanol–water partition coefficient (Wildman–Crippen LogP) is 1.51. The fraction of sp³-hybridized carbons (Fsp3) is 0. The molecule has 56 valence electrons. The predicted molar refractivity (Wildman–Crippen MR) is 38.6 cm³/mol. The largest absolute Gasteiger partial charge is 0.363 e. The van der Waals surface area contributed by atoms with E-state index in [0.29, 0.717) is 11.1 Å². The lowest BCUT2D eigenvalue weighted by Crippen LogP contribution is -1.91. The van der Waals surface area contributed by atoms with Gasteiger partial charge in [-0.15, -0.1) is 0 Å². The van der Waals surface area contributed by atoms with Crippen molar-refractivity contribution in [2.75, 3.05) is 0 Å². The standard InChI is InChI=1S/C6H4ClN3O/c7-6-8-2-3-10(6)5-1-4-11-9-5/h1-4H. The lowest BCUT2D eigenvalue weighted by molar-refractivity contribution is 0.416. The first-order valence-electron chi connectivity index (χ1n) is 2.97. The molecule has 0 saturated heterocycles. The summed E-state index contributed by atoms with van der Waals surface area (Å²) in [5.74, 6) is 0.632. The Hall–Kier alpha value is -1.29. The molecule has 0 fully saturated rings. The van der Waals surface area contributed by atoms with Crippen molar-refractivity contribution in [3.63, 3.8) is 0 Å². The van der Waals surface area contributed by atoms with Gasteiger partial charge in [-0.2, -0.15) is 0 Å². The minimum Gasteiger partial charge on any atom is -0.363 e. The zero-order chi connectivity index (χ0) is 7.68. The molecule has 0 aliphatic carbocycles. The molecule has 11 heavy (non-hydrogen) atoms. The molecule has 2 aromatic heterocycles. The average molecular weight is 170 g/mol. The van der Waals surface area contributed by atoms with E-state index in [-0.39, 0.29) is 0 Å². The fourth-order valence-corrected chi connectivity index (χ4v) is 0.986. The van der Waals surface area contributed by atoms with Gasteiger partial charge in [0.05, 0.1) is 0 Å². The third-order valence-corrected chi connectivity index (χ3v) is 1.55. The fourth-order valence-electron chi connectivity index (χ4n) is 0.787. The molecule has 0 N–H and O–H groups in total. The highest BCUT2D eigenvalue weighted by atomic mass is 35.5. The monoisotopic (exact) mass is 169 g/mol. The number of halogens is 1. The van der Waals surface area contributed by atoms with Gasteiger partial charge in [-0.05, 0) is 11.6 Å². The van der Waals surface area contributed by atoms with Gasteiger partial charge in [-0.3, -0.25) is 4.57 Å². The number of hydrogen-bond acceptors (Lipinski definition) is 3. The van der Waals surface area contributed by atoms with Gasteiger partial charge in [0.2, 0.25) is 5.28 Å². The number of imidazole rings is 1. The highest BCUT2D eigenvalue weighted by Crippen LogP contribution is 2.11. The van der Waals surface area contributed by atoms with E-state index < -0.39 is 0 Å². The van der Waals surface area contributed by atoms with Crippen LogP contribution in [0.1, 0.15) is 0 Å². The molecular weight excluding hydrogens is 166 g/mol. The molecule has 0 unspecified atom stereocenters. The highest BCUT2D eigenvalue weighted by molar-refractivity contribution is 6.28. The molecule has 2 rings (SSSR count). The van der Waals surface area contributed by atoms with Crippen molar-refractivity contribution in [1.29, 1.82) is 0 Å². The molecule has 0 aliphatic rings. The molecule has 0 atom stereocenters. The van der Waals surface area contributed by atoms with Crippen LogP contribution in [0.25, 0.3) is 5.82 Å². The maximum atomic E-state index is 5.70. The van der Waals surface area contributed by atoms with Gasteiger partial charge in [0.1, 0.15) is 6.26 Å². The van der Waals surface area contributed by atoms with Crippen molar-refractivity contribution < 1.29 is 4.52 Å². The van der Waals surface area contributed by atoms with E-state index in [1.807, 2.05) is 0 Å². The first kappa shape index (κ1) is 6.42. The van der Waals surface area contributed by atoms with Crippen molar-refractivity contribution in [2.45, 2.75) is 0 Å². The van der Waals surface area contributed by atoms with Gasteiger partial charge < -0.3 is 4.52 Å². The Morgan fingerprint density at radius 3 is 3.00 bits per heavy atom. The zero-order valence-electron chi connectivity index (χ0n) is 5.44. The SMILES string of the molecule is Clc1nccn1-c1ccon1. The molecule has 4 nitrogen and oxygen atoms in total. The van der Waals surface area contributed by atoms with Crippen LogP contribution in [-0.4, -0.2) is 14.7 Å². The van der Waals surface area contributed by atoms with E-state index in [0.717, 1.165) is 0 Å². The molecule has 0 spiro atoms. The summed E-state index contributed by atoms with van der Waals surface area (Å²) in [7, 11) is 0. The maximum Gasteiger partial charge on any atom is 0.208 e. The zero-order valence-corrected chi connectivity index (χ0v) is 6.19. The molecule has 0 bridgehead atoms. The Morgan fingerprint density at radius 1 is 1.55 bits per heavy atom. The summed E-state index contributed by atoms with van der Waals surface area (Å²) in [6, 6.07) is 1.70. The molecule has 5 heteroatoms. The lowest BCUT2D eigenvalue weighted by atomic mass is 10.6. The average Bonchev–Trinajstić information content (AvgIpc) is 2.55. The molecule has 0 saturated carbocycles. The lowest BCUT2D eigenvalue weighted by Gasteiger charge is -1.93. The van der Waals surface area contributed by atoms with Gasteiger partial charge >= 0.3 is 0 Å². The normalized spacial score (nSPS) is 10.3. The molecule has 2 aromatic rings. The Morgan fingerprint density at radius 2 is 2.45 bits per heavy atom. The number of aromatic nitrogens is 3. The summed E-state index contributed by atoms with van der Waals surface area (Å²) in [5, 5.41) is 4.06. The Kier molecular flexibility index (Phi) is 1.40. The number of rotatable bonds is 1. The van der Waals surface area contributed by atoms with E-state index >= 15 is 0 Å². The molecule has 2 heterocycles. The smallest absolute Gasteiger partial charge is 0.208 e. The molecule has 0 aliphatic heterocycles. The van der Waals surface area contributed by atoms with Crippen LogP contribution >= 0.6 is 11.6 Å². The molecule has 0 aromatic carbocycles. The van der Waals surface area contributed by atoms with Crippen molar-refractivity contribution in [3.8, 4) is 5.82 Å².